The number of hydrogen-bond donors (Lipinski definition) is 2. The van der Waals surface area contributed by atoms with Gasteiger partial charge in [0.2, 0.25) is 5.91 Å². The number of hydrogen-bond acceptors (Lipinski definition) is 3. The lowest BCUT2D eigenvalue weighted by Crippen LogP contribution is -2.55. The van der Waals surface area contributed by atoms with Crippen molar-refractivity contribution in [3.05, 3.63) is 33.8 Å². The second-order valence-corrected chi connectivity index (χ2v) is 5.73. The van der Waals surface area contributed by atoms with Crippen molar-refractivity contribution in [2.24, 2.45) is 0 Å². The van der Waals surface area contributed by atoms with Gasteiger partial charge in [-0.1, -0.05) is 28.1 Å². The maximum Gasteiger partial charge on any atom is 0.331 e. The first-order valence-corrected chi connectivity index (χ1v) is 6.86. The molecule has 5 nitrogen and oxygen atoms in total. The molecule has 0 aromatic heterocycles. The average molecular weight is 344 g/mol. The molecule has 1 aromatic rings. The normalized spacial score (nSPS) is 13.6. The summed E-state index contributed by atoms with van der Waals surface area (Å²) in [5.74, 6) is -1.49. The van der Waals surface area contributed by atoms with Crippen molar-refractivity contribution >= 4 is 27.8 Å². The van der Waals surface area contributed by atoms with E-state index in [0.29, 0.717) is 0 Å². The van der Waals surface area contributed by atoms with Gasteiger partial charge >= 0.3 is 5.97 Å². The van der Waals surface area contributed by atoms with E-state index in [0.717, 1.165) is 15.6 Å². The van der Waals surface area contributed by atoms with Crippen LogP contribution >= 0.6 is 15.9 Å². The SMILES string of the molecule is COCC(C)(NC(=O)Cc1ccc(C)c(Br)c1)C(=O)O. The summed E-state index contributed by atoms with van der Waals surface area (Å²) < 4.78 is 5.77. The Morgan fingerprint density at radius 1 is 1.45 bits per heavy atom. The van der Waals surface area contributed by atoms with Crippen molar-refractivity contribution < 1.29 is 19.4 Å². The van der Waals surface area contributed by atoms with Crippen LogP contribution in [0.25, 0.3) is 0 Å². The summed E-state index contributed by atoms with van der Waals surface area (Å²) in [7, 11) is 1.39. The van der Waals surface area contributed by atoms with Crippen LogP contribution in [0.1, 0.15) is 18.1 Å². The fourth-order valence-electron chi connectivity index (χ4n) is 1.72. The molecule has 20 heavy (non-hydrogen) atoms. The maximum atomic E-state index is 12.0. The van der Waals surface area contributed by atoms with Crippen LogP contribution < -0.4 is 5.32 Å². The van der Waals surface area contributed by atoms with Gasteiger partial charge in [-0.05, 0) is 31.0 Å². The molecule has 0 radical (unpaired) electrons. The quantitative estimate of drug-likeness (QED) is 0.827. The molecular formula is C14H18BrNO4. The van der Waals surface area contributed by atoms with Crippen molar-refractivity contribution in [1.82, 2.24) is 5.32 Å². The summed E-state index contributed by atoms with van der Waals surface area (Å²) >= 11 is 3.40. The van der Waals surface area contributed by atoms with Crippen molar-refractivity contribution in [2.75, 3.05) is 13.7 Å². The summed E-state index contributed by atoms with van der Waals surface area (Å²) in [6.07, 6.45) is 0.117. The van der Waals surface area contributed by atoms with Gasteiger partial charge in [-0.15, -0.1) is 0 Å². The van der Waals surface area contributed by atoms with Crippen molar-refractivity contribution in [1.29, 1.82) is 0 Å². The molecule has 1 unspecified atom stereocenters. The van der Waals surface area contributed by atoms with Crippen molar-refractivity contribution in [3.8, 4) is 0 Å². The smallest absolute Gasteiger partial charge is 0.331 e. The van der Waals surface area contributed by atoms with Gasteiger partial charge in [0.15, 0.2) is 5.54 Å². The zero-order chi connectivity index (χ0) is 15.3. The van der Waals surface area contributed by atoms with Crippen LogP contribution in [-0.4, -0.2) is 36.2 Å². The highest BCUT2D eigenvalue weighted by Crippen LogP contribution is 2.18. The van der Waals surface area contributed by atoms with Crippen LogP contribution in [0, 0.1) is 6.92 Å². The van der Waals surface area contributed by atoms with Crippen molar-refractivity contribution in [3.63, 3.8) is 0 Å². The number of nitrogens with one attached hydrogen (secondary N) is 1. The highest BCUT2D eigenvalue weighted by molar-refractivity contribution is 9.10. The number of ether oxygens (including phenoxy) is 1. The Labute approximate surface area is 126 Å². The van der Waals surface area contributed by atoms with E-state index in [1.807, 2.05) is 25.1 Å². The number of carbonyl (C=O) groups is 2. The van der Waals surface area contributed by atoms with E-state index in [-0.39, 0.29) is 18.9 Å². The second-order valence-electron chi connectivity index (χ2n) is 4.88. The van der Waals surface area contributed by atoms with Gasteiger partial charge in [-0.3, -0.25) is 4.79 Å². The molecule has 0 spiro atoms. The number of aryl methyl sites for hydroxylation is 1. The summed E-state index contributed by atoms with van der Waals surface area (Å²) in [5, 5.41) is 11.7. The largest absolute Gasteiger partial charge is 0.479 e. The molecule has 0 fully saturated rings. The number of benzene rings is 1. The van der Waals surface area contributed by atoms with Gasteiger partial charge in [0.05, 0.1) is 13.0 Å². The molecule has 0 aliphatic rings. The monoisotopic (exact) mass is 343 g/mol. The standard InChI is InChI=1S/C14H18BrNO4/c1-9-4-5-10(6-11(9)15)7-12(17)16-14(2,8-20-3)13(18)19/h4-6H,7-8H2,1-3H3,(H,16,17)(H,18,19). The third-order valence-corrected chi connectivity index (χ3v) is 3.78. The molecule has 0 aliphatic carbocycles. The average Bonchev–Trinajstić information content (AvgIpc) is 2.33. The molecule has 110 valence electrons. The molecule has 0 bridgehead atoms. The second kappa shape index (κ2) is 6.85. The Hall–Kier alpha value is -1.40. The van der Waals surface area contributed by atoms with Gasteiger partial charge in [0.1, 0.15) is 0 Å². The summed E-state index contributed by atoms with van der Waals surface area (Å²) in [6, 6.07) is 5.59. The Morgan fingerprint density at radius 3 is 2.60 bits per heavy atom. The van der Waals surface area contributed by atoms with Crippen LogP contribution in [0.15, 0.2) is 22.7 Å². The molecule has 6 heteroatoms. The molecule has 0 saturated carbocycles. The van der Waals surface area contributed by atoms with Gasteiger partial charge in [-0.25, -0.2) is 4.79 Å². The minimum atomic E-state index is -1.42. The molecule has 0 aliphatic heterocycles. The van der Waals surface area contributed by atoms with E-state index < -0.39 is 11.5 Å². The highest BCUT2D eigenvalue weighted by Gasteiger charge is 2.34. The van der Waals surface area contributed by atoms with Crippen molar-refractivity contribution in [2.45, 2.75) is 25.8 Å². The lowest BCUT2D eigenvalue weighted by atomic mass is 10.0. The van der Waals surface area contributed by atoms with Crippen LogP contribution in [0.4, 0.5) is 0 Å². The Bertz CT molecular complexity index is 518. The Morgan fingerprint density at radius 2 is 2.10 bits per heavy atom. The number of halogens is 1. The zero-order valence-electron chi connectivity index (χ0n) is 11.7. The highest BCUT2D eigenvalue weighted by atomic mass is 79.9. The zero-order valence-corrected chi connectivity index (χ0v) is 13.3. The summed E-state index contributed by atoms with van der Waals surface area (Å²) in [5.41, 5.74) is 0.461. The number of aliphatic carboxylic acids is 1. The molecule has 1 rings (SSSR count). The number of carboxylic acid groups (broad SMARTS) is 1. The van der Waals surface area contributed by atoms with Gasteiger partial charge in [0, 0.05) is 11.6 Å². The fourth-order valence-corrected chi connectivity index (χ4v) is 2.15. The van der Waals surface area contributed by atoms with Gasteiger partial charge in [0.25, 0.3) is 0 Å². The lowest BCUT2D eigenvalue weighted by Gasteiger charge is -2.25. The number of amides is 1. The summed E-state index contributed by atoms with van der Waals surface area (Å²) in [6.45, 7) is 3.28. The first-order valence-electron chi connectivity index (χ1n) is 6.07. The number of rotatable bonds is 6. The third kappa shape index (κ3) is 4.31. The van der Waals surface area contributed by atoms with Crippen LogP contribution in [0.2, 0.25) is 0 Å². The molecule has 1 aromatic carbocycles. The molecule has 1 amide bonds. The van der Waals surface area contributed by atoms with E-state index in [4.69, 9.17) is 9.84 Å². The topological polar surface area (TPSA) is 75.6 Å². The van der Waals surface area contributed by atoms with Gasteiger partial charge < -0.3 is 15.2 Å². The molecule has 0 saturated heterocycles. The van der Waals surface area contributed by atoms with E-state index in [1.54, 1.807) is 0 Å². The van der Waals surface area contributed by atoms with Crippen LogP contribution in [0.3, 0.4) is 0 Å². The first-order chi connectivity index (χ1) is 9.28. The Balaban J connectivity index is 2.75. The minimum Gasteiger partial charge on any atom is -0.479 e. The molecule has 0 heterocycles. The third-order valence-electron chi connectivity index (χ3n) is 2.92. The number of carbonyl (C=O) groups excluding carboxylic acids is 1. The Kier molecular flexibility index (Phi) is 5.71. The number of methoxy groups -OCH3 is 1. The molecule has 1 atom stereocenters. The van der Waals surface area contributed by atoms with Crippen LogP contribution in [-0.2, 0) is 20.7 Å². The predicted molar refractivity (Wildman–Crippen MR) is 78.6 cm³/mol. The predicted octanol–water partition coefficient (Wildman–Crippen LogP) is 1.91. The number of carboxylic acids is 1. The minimum absolute atomic E-state index is 0.0916. The molecule has 2 N–H and O–H groups in total. The van der Waals surface area contributed by atoms with E-state index in [2.05, 4.69) is 21.2 Å². The van der Waals surface area contributed by atoms with E-state index in [1.165, 1.54) is 14.0 Å². The summed E-state index contributed by atoms with van der Waals surface area (Å²) in [4.78, 5) is 23.2. The van der Waals surface area contributed by atoms with Crippen LogP contribution in [0.5, 0.6) is 0 Å². The fraction of sp³-hybridized carbons (Fsp3) is 0.429. The van der Waals surface area contributed by atoms with E-state index in [9.17, 15) is 9.59 Å². The van der Waals surface area contributed by atoms with E-state index >= 15 is 0 Å². The molecular weight excluding hydrogens is 326 g/mol. The maximum absolute atomic E-state index is 12.0. The lowest BCUT2D eigenvalue weighted by molar-refractivity contribution is -0.149. The van der Waals surface area contributed by atoms with Gasteiger partial charge in [-0.2, -0.15) is 0 Å². The first kappa shape index (κ1) is 16.7.